The summed E-state index contributed by atoms with van der Waals surface area (Å²) >= 11 is 0. The molecule has 9 heavy (non-hydrogen) atoms. The Kier molecular flexibility index (Phi) is 2.60. The molecular weight excluding hydrogens is 110 g/mol. The van der Waals surface area contributed by atoms with Crippen LogP contribution in [0, 0.1) is 18.3 Å². The van der Waals surface area contributed by atoms with Gasteiger partial charge in [-0.15, -0.1) is 12.3 Å². The maximum Gasteiger partial charge on any atom is 0.00891 e. The molecule has 1 heteroatoms. The van der Waals surface area contributed by atoms with Crippen molar-refractivity contribution in [2.45, 2.75) is 19.3 Å². The molecule has 1 nitrogen and oxygen atoms in total. The van der Waals surface area contributed by atoms with E-state index in [0.29, 0.717) is 0 Å². The number of terminal acetylenes is 1. The Hall–Kier alpha value is -0.480. The fourth-order valence-electron chi connectivity index (χ4n) is 1.25. The smallest absolute Gasteiger partial charge is 0.00891 e. The SMILES string of the molecule is C#CCCC1CCNC1. The summed E-state index contributed by atoms with van der Waals surface area (Å²) in [5.41, 5.74) is 0. The van der Waals surface area contributed by atoms with Crippen LogP contribution in [-0.2, 0) is 0 Å². The molecule has 1 unspecified atom stereocenters. The summed E-state index contributed by atoms with van der Waals surface area (Å²) < 4.78 is 0. The zero-order valence-electron chi connectivity index (χ0n) is 5.69. The Morgan fingerprint density at radius 3 is 3.11 bits per heavy atom. The third kappa shape index (κ3) is 2.07. The van der Waals surface area contributed by atoms with Crippen LogP contribution in [0.1, 0.15) is 19.3 Å². The van der Waals surface area contributed by atoms with Crippen molar-refractivity contribution in [3.8, 4) is 12.3 Å². The monoisotopic (exact) mass is 123 g/mol. The summed E-state index contributed by atoms with van der Waals surface area (Å²) in [4.78, 5) is 0. The van der Waals surface area contributed by atoms with Crippen LogP contribution in [0.2, 0.25) is 0 Å². The van der Waals surface area contributed by atoms with E-state index < -0.39 is 0 Å². The van der Waals surface area contributed by atoms with Crippen LogP contribution in [0.5, 0.6) is 0 Å². The van der Waals surface area contributed by atoms with E-state index in [-0.39, 0.29) is 0 Å². The first-order chi connectivity index (χ1) is 4.43. The van der Waals surface area contributed by atoms with E-state index in [4.69, 9.17) is 6.42 Å². The second-order valence-electron chi connectivity index (χ2n) is 2.60. The van der Waals surface area contributed by atoms with Gasteiger partial charge in [-0.2, -0.15) is 0 Å². The predicted octanol–water partition coefficient (Wildman–Crippen LogP) is 1.01. The average molecular weight is 123 g/mol. The van der Waals surface area contributed by atoms with Gasteiger partial charge in [0.2, 0.25) is 0 Å². The predicted molar refractivity (Wildman–Crippen MR) is 39.0 cm³/mol. The highest BCUT2D eigenvalue weighted by atomic mass is 14.9. The summed E-state index contributed by atoms with van der Waals surface area (Å²) in [6, 6.07) is 0. The molecule has 50 valence electrons. The average Bonchev–Trinajstić information content (AvgIpc) is 2.34. The lowest BCUT2D eigenvalue weighted by Crippen LogP contribution is -2.08. The van der Waals surface area contributed by atoms with E-state index in [9.17, 15) is 0 Å². The van der Waals surface area contributed by atoms with Gasteiger partial charge >= 0.3 is 0 Å². The number of nitrogens with one attached hydrogen (secondary N) is 1. The van der Waals surface area contributed by atoms with Crippen LogP contribution in [0.4, 0.5) is 0 Å². The maximum absolute atomic E-state index is 5.14. The van der Waals surface area contributed by atoms with Crippen molar-refractivity contribution < 1.29 is 0 Å². The molecule has 0 aromatic carbocycles. The van der Waals surface area contributed by atoms with Gasteiger partial charge in [0.05, 0.1) is 0 Å². The van der Waals surface area contributed by atoms with Gasteiger partial charge in [0, 0.05) is 6.42 Å². The van der Waals surface area contributed by atoms with Crippen molar-refractivity contribution in [1.29, 1.82) is 0 Å². The zero-order valence-corrected chi connectivity index (χ0v) is 5.69. The first kappa shape index (κ1) is 6.64. The van der Waals surface area contributed by atoms with Crippen LogP contribution in [0.25, 0.3) is 0 Å². The molecular formula is C8H13N. The molecule has 0 aromatic heterocycles. The van der Waals surface area contributed by atoms with Crippen LogP contribution in [-0.4, -0.2) is 13.1 Å². The molecule has 0 radical (unpaired) electrons. The summed E-state index contributed by atoms with van der Waals surface area (Å²) in [6.45, 7) is 2.37. The van der Waals surface area contributed by atoms with Crippen molar-refractivity contribution in [3.05, 3.63) is 0 Å². The van der Waals surface area contributed by atoms with Crippen molar-refractivity contribution in [2.75, 3.05) is 13.1 Å². The standard InChI is InChI=1S/C8H13N/c1-2-3-4-8-5-6-9-7-8/h1,8-9H,3-7H2. The summed E-state index contributed by atoms with van der Waals surface area (Å²) in [7, 11) is 0. The first-order valence-electron chi connectivity index (χ1n) is 3.57. The van der Waals surface area contributed by atoms with E-state index >= 15 is 0 Å². The molecule has 0 spiro atoms. The Labute approximate surface area is 56.8 Å². The highest BCUT2D eigenvalue weighted by Gasteiger charge is 2.12. The molecule has 1 heterocycles. The van der Waals surface area contributed by atoms with Crippen molar-refractivity contribution in [3.63, 3.8) is 0 Å². The molecule has 0 bridgehead atoms. The van der Waals surface area contributed by atoms with Gasteiger partial charge in [-0.05, 0) is 31.8 Å². The van der Waals surface area contributed by atoms with Crippen molar-refractivity contribution in [1.82, 2.24) is 5.32 Å². The number of rotatable bonds is 2. The second-order valence-corrected chi connectivity index (χ2v) is 2.60. The molecule has 1 rings (SSSR count). The van der Waals surface area contributed by atoms with Gasteiger partial charge in [-0.1, -0.05) is 0 Å². The third-order valence-electron chi connectivity index (χ3n) is 1.86. The molecule has 1 atom stereocenters. The van der Waals surface area contributed by atoms with Crippen molar-refractivity contribution >= 4 is 0 Å². The molecule has 0 aromatic rings. The summed E-state index contributed by atoms with van der Waals surface area (Å²) in [5.74, 6) is 3.53. The number of hydrogen-bond acceptors (Lipinski definition) is 1. The molecule has 0 saturated carbocycles. The Balaban J connectivity index is 2.06. The van der Waals surface area contributed by atoms with Gasteiger partial charge in [0.25, 0.3) is 0 Å². The van der Waals surface area contributed by atoms with Gasteiger partial charge in [-0.3, -0.25) is 0 Å². The van der Waals surface area contributed by atoms with Gasteiger partial charge in [-0.25, -0.2) is 0 Å². The fourth-order valence-corrected chi connectivity index (χ4v) is 1.25. The fraction of sp³-hybridized carbons (Fsp3) is 0.750. The molecule has 1 aliphatic heterocycles. The largest absolute Gasteiger partial charge is 0.316 e. The maximum atomic E-state index is 5.14. The lowest BCUT2D eigenvalue weighted by molar-refractivity contribution is 0.543. The summed E-state index contributed by atoms with van der Waals surface area (Å²) in [5, 5.41) is 3.31. The minimum Gasteiger partial charge on any atom is -0.316 e. The Morgan fingerprint density at radius 2 is 2.56 bits per heavy atom. The lowest BCUT2D eigenvalue weighted by atomic mass is 10.0. The van der Waals surface area contributed by atoms with E-state index in [2.05, 4.69) is 11.2 Å². The molecule has 0 amide bonds. The minimum atomic E-state index is 0.862. The van der Waals surface area contributed by atoms with Gasteiger partial charge in [0.1, 0.15) is 0 Å². The highest BCUT2D eigenvalue weighted by Crippen LogP contribution is 2.12. The summed E-state index contributed by atoms with van der Waals surface area (Å²) in [6.07, 6.45) is 8.62. The van der Waals surface area contributed by atoms with E-state index in [1.807, 2.05) is 0 Å². The quantitative estimate of drug-likeness (QED) is 0.540. The van der Waals surface area contributed by atoms with Crippen LogP contribution in [0.15, 0.2) is 0 Å². The highest BCUT2D eigenvalue weighted by molar-refractivity contribution is 4.85. The van der Waals surface area contributed by atoms with Crippen LogP contribution >= 0.6 is 0 Å². The van der Waals surface area contributed by atoms with Crippen LogP contribution in [0.3, 0.4) is 0 Å². The Morgan fingerprint density at radius 1 is 1.67 bits per heavy atom. The number of hydrogen-bond donors (Lipinski definition) is 1. The lowest BCUT2D eigenvalue weighted by Gasteiger charge is -2.02. The van der Waals surface area contributed by atoms with E-state index in [0.717, 1.165) is 12.3 Å². The molecule has 1 fully saturated rings. The third-order valence-corrected chi connectivity index (χ3v) is 1.86. The van der Waals surface area contributed by atoms with Crippen molar-refractivity contribution in [2.24, 2.45) is 5.92 Å². The minimum absolute atomic E-state index is 0.862. The van der Waals surface area contributed by atoms with E-state index in [1.54, 1.807) is 0 Å². The Bertz CT molecular complexity index is 106. The zero-order chi connectivity index (χ0) is 6.53. The topological polar surface area (TPSA) is 12.0 Å². The first-order valence-corrected chi connectivity index (χ1v) is 3.57. The van der Waals surface area contributed by atoms with Gasteiger partial charge < -0.3 is 5.32 Å². The van der Waals surface area contributed by atoms with Crippen LogP contribution < -0.4 is 5.32 Å². The molecule has 1 N–H and O–H groups in total. The molecule has 1 aliphatic rings. The molecule has 1 saturated heterocycles. The van der Waals surface area contributed by atoms with E-state index in [1.165, 1.54) is 25.9 Å². The normalized spacial score (nSPS) is 25.9. The second kappa shape index (κ2) is 3.53. The van der Waals surface area contributed by atoms with Gasteiger partial charge in [0.15, 0.2) is 0 Å². The molecule has 0 aliphatic carbocycles.